The molecule has 2 aromatic rings. The van der Waals surface area contributed by atoms with Gasteiger partial charge in [0.05, 0.1) is 10.9 Å². The third-order valence-electron chi connectivity index (χ3n) is 3.32. The monoisotopic (exact) mass is 324 g/mol. The lowest BCUT2D eigenvalue weighted by Gasteiger charge is -2.18. The van der Waals surface area contributed by atoms with Gasteiger partial charge in [0.15, 0.2) is 9.84 Å². The van der Waals surface area contributed by atoms with Crippen LogP contribution in [0.3, 0.4) is 0 Å². The molecule has 0 spiro atoms. The zero-order valence-electron chi connectivity index (χ0n) is 11.8. The van der Waals surface area contributed by atoms with Crippen LogP contribution in [-0.2, 0) is 9.84 Å². The molecule has 4 nitrogen and oxygen atoms in total. The third-order valence-corrected chi connectivity index (χ3v) is 4.83. The van der Waals surface area contributed by atoms with Crippen molar-refractivity contribution in [3.63, 3.8) is 0 Å². The molecule has 0 heterocycles. The highest BCUT2D eigenvalue weighted by molar-refractivity contribution is 7.90. The molecule has 3 N–H and O–H groups in total. The Balaban J connectivity index is 2.49. The molecule has 112 valence electrons. The largest absolute Gasteiger partial charge is 0.271 e. The molecular weight excluding hydrogens is 308 g/mol. The first-order valence-electron chi connectivity index (χ1n) is 6.35. The molecule has 0 aromatic heterocycles. The van der Waals surface area contributed by atoms with Crippen LogP contribution in [0.4, 0.5) is 0 Å². The van der Waals surface area contributed by atoms with Gasteiger partial charge in [-0.1, -0.05) is 35.9 Å². The van der Waals surface area contributed by atoms with E-state index in [1.807, 2.05) is 31.2 Å². The van der Waals surface area contributed by atoms with Crippen LogP contribution in [0.5, 0.6) is 0 Å². The second-order valence-electron chi connectivity index (χ2n) is 4.95. The van der Waals surface area contributed by atoms with E-state index in [1.54, 1.807) is 18.2 Å². The van der Waals surface area contributed by atoms with Crippen LogP contribution < -0.4 is 11.3 Å². The van der Waals surface area contributed by atoms with E-state index in [4.69, 9.17) is 17.4 Å². The van der Waals surface area contributed by atoms with Gasteiger partial charge in [-0.25, -0.2) is 13.8 Å². The Morgan fingerprint density at radius 3 is 2.38 bits per heavy atom. The van der Waals surface area contributed by atoms with E-state index in [1.165, 1.54) is 6.26 Å². The Morgan fingerprint density at radius 2 is 1.81 bits per heavy atom. The van der Waals surface area contributed by atoms with E-state index >= 15 is 0 Å². The minimum absolute atomic E-state index is 0.262. The minimum atomic E-state index is -3.26. The molecule has 0 amide bonds. The van der Waals surface area contributed by atoms with Gasteiger partial charge in [-0.05, 0) is 41.8 Å². The predicted octanol–water partition coefficient (Wildman–Crippen LogP) is 2.60. The highest BCUT2D eigenvalue weighted by atomic mass is 35.5. The topological polar surface area (TPSA) is 72.2 Å². The van der Waals surface area contributed by atoms with Crippen molar-refractivity contribution in [2.45, 2.75) is 17.9 Å². The molecule has 0 aliphatic carbocycles. The average molecular weight is 325 g/mol. The second-order valence-corrected chi connectivity index (χ2v) is 7.38. The van der Waals surface area contributed by atoms with Gasteiger partial charge in [-0.15, -0.1) is 0 Å². The molecule has 6 heteroatoms. The van der Waals surface area contributed by atoms with Crippen molar-refractivity contribution in [1.29, 1.82) is 0 Å². The molecule has 21 heavy (non-hydrogen) atoms. The number of hydrogen-bond acceptors (Lipinski definition) is 4. The standard InChI is InChI=1S/C15H17ClN2O2S/c1-10-6-7-12(9-14(10)16)15(18-17)11-4-3-5-13(8-11)21(2,19)20/h3-9,15,18H,17H2,1-2H3. The van der Waals surface area contributed by atoms with Gasteiger partial charge in [0.1, 0.15) is 0 Å². The molecule has 0 aliphatic heterocycles. The summed E-state index contributed by atoms with van der Waals surface area (Å²) in [6.45, 7) is 1.92. The van der Waals surface area contributed by atoms with Crippen molar-refractivity contribution in [2.24, 2.45) is 5.84 Å². The zero-order valence-corrected chi connectivity index (χ0v) is 13.4. The number of benzene rings is 2. The first-order valence-corrected chi connectivity index (χ1v) is 8.62. The van der Waals surface area contributed by atoms with E-state index < -0.39 is 9.84 Å². The predicted molar refractivity (Wildman–Crippen MR) is 84.9 cm³/mol. The van der Waals surface area contributed by atoms with Crippen molar-refractivity contribution < 1.29 is 8.42 Å². The van der Waals surface area contributed by atoms with Gasteiger partial charge in [0.25, 0.3) is 0 Å². The molecule has 0 bridgehead atoms. The van der Waals surface area contributed by atoms with Crippen molar-refractivity contribution in [1.82, 2.24) is 5.43 Å². The van der Waals surface area contributed by atoms with Crippen LogP contribution in [0, 0.1) is 6.92 Å². The minimum Gasteiger partial charge on any atom is -0.271 e. The van der Waals surface area contributed by atoms with Crippen molar-refractivity contribution in [3.05, 3.63) is 64.2 Å². The number of hydrogen-bond donors (Lipinski definition) is 2. The van der Waals surface area contributed by atoms with Gasteiger partial charge in [-0.2, -0.15) is 0 Å². The van der Waals surface area contributed by atoms with Crippen LogP contribution in [0.2, 0.25) is 5.02 Å². The molecule has 0 saturated carbocycles. The number of nitrogens with two attached hydrogens (primary N) is 1. The summed E-state index contributed by atoms with van der Waals surface area (Å²) < 4.78 is 23.3. The van der Waals surface area contributed by atoms with E-state index in [-0.39, 0.29) is 10.9 Å². The SMILES string of the molecule is Cc1ccc(C(NN)c2cccc(S(C)(=O)=O)c2)cc1Cl. The van der Waals surface area contributed by atoms with Gasteiger partial charge in [0.2, 0.25) is 0 Å². The van der Waals surface area contributed by atoms with E-state index in [0.717, 1.165) is 16.7 Å². The lowest BCUT2D eigenvalue weighted by Crippen LogP contribution is -2.29. The Bertz CT molecular complexity index is 760. The summed E-state index contributed by atoms with van der Waals surface area (Å²) in [7, 11) is -3.26. The fraction of sp³-hybridized carbons (Fsp3) is 0.200. The van der Waals surface area contributed by atoms with Crippen LogP contribution >= 0.6 is 11.6 Å². The molecule has 0 fully saturated rings. The molecule has 0 saturated heterocycles. The average Bonchev–Trinajstić information content (AvgIpc) is 2.43. The summed E-state index contributed by atoms with van der Waals surface area (Å²) in [6, 6.07) is 12.0. The molecule has 1 atom stereocenters. The first kappa shape index (κ1) is 16.0. The van der Waals surface area contributed by atoms with Crippen LogP contribution in [0.1, 0.15) is 22.7 Å². The summed E-state index contributed by atoms with van der Waals surface area (Å²) in [5.74, 6) is 5.64. The van der Waals surface area contributed by atoms with Crippen molar-refractivity contribution >= 4 is 21.4 Å². The maximum atomic E-state index is 11.7. The number of rotatable bonds is 4. The number of halogens is 1. The Morgan fingerprint density at radius 1 is 1.14 bits per heavy atom. The molecule has 1 unspecified atom stereocenters. The van der Waals surface area contributed by atoms with Gasteiger partial charge >= 0.3 is 0 Å². The van der Waals surface area contributed by atoms with E-state index in [2.05, 4.69) is 5.43 Å². The fourth-order valence-corrected chi connectivity index (χ4v) is 2.96. The maximum absolute atomic E-state index is 11.7. The Labute approximate surface area is 129 Å². The molecule has 0 aliphatic rings. The highest BCUT2D eigenvalue weighted by Gasteiger charge is 2.16. The molecule has 2 aromatic carbocycles. The maximum Gasteiger partial charge on any atom is 0.175 e. The first-order chi connectivity index (χ1) is 9.82. The zero-order chi connectivity index (χ0) is 15.6. The van der Waals surface area contributed by atoms with Gasteiger partial charge < -0.3 is 0 Å². The highest BCUT2D eigenvalue weighted by Crippen LogP contribution is 2.27. The third kappa shape index (κ3) is 3.63. The molecule has 2 rings (SSSR count). The van der Waals surface area contributed by atoms with Crippen molar-refractivity contribution in [2.75, 3.05) is 6.26 Å². The smallest absolute Gasteiger partial charge is 0.175 e. The Hall–Kier alpha value is -1.40. The summed E-state index contributed by atoms with van der Waals surface area (Å²) in [4.78, 5) is 0.262. The number of hydrazine groups is 1. The quantitative estimate of drug-likeness (QED) is 0.670. The number of aryl methyl sites for hydroxylation is 1. The van der Waals surface area contributed by atoms with Crippen LogP contribution in [0.15, 0.2) is 47.4 Å². The Kier molecular flexibility index (Phi) is 4.68. The van der Waals surface area contributed by atoms with Gasteiger partial charge in [-0.3, -0.25) is 5.84 Å². The number of sulfone groups is 1. The van der Waals surface area contributed by atoms with Crippen molar-refractivity contribution in [3.8, 4) is 0 Å². The second kappa shape index (κ2) is 6.15. The van der Waals surface area contributed by atoms with Gasteiger partial charge in [0, 0.05) is 11.3 Å². The lowest BCUT2D eigenvalue weighted by atomic mass is 9.98. The summed E-state index contributed by atoms with van der Waals surface area (Å²) >= 11 is 6.14. The van der Waals surface area contributed by atoms with Crippen LogP contribution in [-0.4, -0.2) is 14.7 Å². The lowest BCUT2D eigenvalue weighted by molar-refractivity contribution is 0.600. The normalized spacial score (nSPS) is 13.1. The summed E-state index contributed by atoms with van der Waals surface area (Å²) in [6.07, 6.45) is 1.18. The molecule has 0 radical (unpaired) electrons. The van der Waals surface area contributed by atoms with E-state index in [0.29, 0.717) is 5.02 Å². The van der Waals surface area contributed by atoms with Crippen LogP contribution in [0.25, 0.3) is 0 Å². The fourth-order valence-electron chi connectivity index (χ4n) is 2.10. The molecular formula is C15H17ClN2O2S. The van der Waals surface area contributed by atoms with E-state index in [9.17, 15) is 8.42 Å². The summed E-state index contributed by atoms with van der Waals surface area (Å²) in [5.41, 5.74) is 5.32. The number of nitrogens with one attached hydrogen (secondary N) is 1. The summed E-state index contributed by atoms with van der Waals surface area (Å²) in [5, 5.41) is 0.645.